The first-order valence-electron chi connectivity index (χ1n) is 11.4. The Morgan fingerprint density at radius 3 is 1.76 bits per heavy atom. The second-order valence-corrected chi connectivity index (χ2v) is 8.71. The van der Waals surface area contributed by atoms with Crippen LogP contribution in [-0.4, -0.2) is 11.8 Å². The summed E-state index contributed by atoms with van der Waals surface area (Å²) in [7, 11) is 0. The predicted octanol–water partition coefficient (Wildman–Crippen LogP) is 8.06. The molecule has 4 rings (SSSR count). The van der Waals surface area contributed by atoms with Crippen LogP contribution in [0.3, 0.4) is 0 Å². The summed E-state index contributed by atoms with van der Waals surface area (Å²) in [5.41, 5.74) is 4.88. The van der Waals surface area contributed by atoms with Crippen molar-refractivity contribution in [3.8, 4) is 28.0 Å². The number of halogens is 3. The molecular formula is C31H23F3O3. The average Bonchev–Trinajstić information content (AvgIpc) is 2.88. The molecule has 186 valence electrons. The molecule has 0 aliphatic rings. The van der Waals surface area contributed by atoms with Crippen LogP contribution in [0.25, 0.3) is 22.3 Å². The monoisotopic (exact) mass is 500 g/mol. The summed E-state index contributed by atoms with van der Waals surface area (Å²) in [5.74, 6) is -0.370. The van der Waals surface area contributed by atoms with Gasteiger partial charge in [0.15, 0.2) is 5.78 Å². The number of ether oxygens (including phenoxy) is 1. The third-order valence-electron chi connectivity index (χ3n) is 5.91. The van der Waals surface area contributed by atoms with E-state index in [4.69, 9.17) is 4.74 Å². The van der Waals surface area contributed by atoms with Crippen molar-refractivity contribution < 1.29 is 27.5 Å². The van der Waals surface area contributed by atoms with Gasteiger partial charge in [-0.25, -0.2) is 4.79 Å². The molecule has 0 unspecified atom stereocenters. The van der Waals surface area contributed by atoms with Gasteiger partial charge in [0.1, 0.15) is 5.75 Å². The van der Waals surface area contributed by atoms with E-state index in [2.05, 4.69) is 6.58 Å². The molecule has 0 saturated carbocycles. The highest BCUT2D eigenvalue weighted by Crippen LogP contribution is 2.33. The smallest absolute Gasteiger partial charge is 0.416 e. The van der Waals surface area contributed by atoms with Crippen LogP contribution in [0.1, 0.15) is 34.0 Å². The number of alkyl halides is 3. The van der Waals surface area contributed by atoms with Gasteiger partial charge in [-0.1, -0.05) is 61.2 Å². The van der Waals surface area contributed by atoms with E-state index in [1.165, 1.54) is 12.1 Å². The van der Waals surface area contributed by atoms with Crippen LogP contribution in [0, 0.1) is 6.92 Å². The maximum absolute atomic E-state index is 12.9. The zero-order valence-corrected chi connectivity index (χ0v) is 20.2. The van der Waals surface area contributed by atoms with Gasteiger partial charge in [-0.2, -0.15) is 13.2 Å². The van der Waals surface area contributed by atoms with E-state index >= 15 is 0 Å². The lowest BCUT2D eigenvalue weighted by Crippen LogP contribution is -2.08. The van der Waals surface area contributed by atoms with Crippen LogP contribution in [0.5, 0.6) is 5.75 Å². The molecule has 4 aromatic carbocycles. The summed E-state index contributed by atoms with van der Waals surface area (Å²) in [5, 5.41) is 0. The predicted molar refractivity (Wildman–Crippen MR) is 137 cm³/mol. The first-order valence-corrected chi connectivity index (χ1v) is 11.4. The van der Waals surface area contributed by atoms with Crippen molar-refractivity contribution in [3.05, 3.63) is 125 Å². The molecule has 0 aliphatic carbocycles. The Kier molecular flexibility index (Phi) is 7.11. The summed E-state index contributed by atoms with van der Waals surface area (Å²) in [6.07, 6.45) is -4.37. The van der Waals surface area contributed by atoms with Crippen molar-refractivity contribution in [3.63, 3.8) is 0 Å². The Hall–Kier alpha value is -4.45. The molecule has 0 N–H and O–H groups in total. The standard InChI is InChI=1S/C31H23F3O3/c1-19(2)30(36)37-27-15-10-24(11-16-27)29(35)23-6-4-21(5-7-23)25-12-17-28(20(3)18-25)22-8-13-26(14-9-22)31(32,33)34/h4-18H,1H2,2-3H3. The molecule has 0 radical (unpaired) electrons. The van der Waals surface area contributed by atoms with E-state index in [0.717, 1.165) is 34.4 Å². The van der Waals surface area contributed by atoms with Crippen LogP contribution in [0.15, 0.2) is 103 Å². The minimum absolute atomic E-state index is 0.168. The highest BCUT2D eigenvalue weighted by Gasteiger charge is 2.30. The van der Waals surface area contributed by atoms with E-state index in [9.17, 15) is 22.8 Å². The lowest BCUT2D eigenvalue weighted by molar-refractivity contribution is -0.137. The fourth-order valence-electron chi connectivity index (χ4n) is 3.86. The fourth-order valence-corrected chi connectivity index (χ4v) is 3.86. The molecule has 0 heterocycles. The van der Waals surface area contributed by atoms with Crippen molar-refractivity contribution in [1.29, 1.82) is 0 Å². The molecule has 0 aliphatic heterocycles. The van der Waals surface area contributed by atoms with E-state index in [-0.39, 0.29) is 11.4 Å². The SMILES string of the molecule is C=C(C)C(=O)Oc1ccc(C(=O)c2ccc(-c3ccc(-c4ccc(C(F)(F)F)cc4)c(C)c3)cc2)cc1. The summed E-state index contributed by atoms with van der Waals surface area (Å²) in [6.45, 7) is 7.00. The largest absolute Gasteiger partial charge is 0.423 e. The molecule has 4 aromatic rings. The minimum Gasteiger partial charge on any atom is -0.423 e. The normalized spacial score (nSPS) is 11.2. The summed E-state index contributed by atoms with van der Waals surface area (Å²) in [4.78, 5) is 24.5. The zero-order chi connectivity index (χ0) is 26.7. The number of esters is 1. The number of rotatable bonds is 6. The molecule has 0 bridgehead atoms. The van der Waals surface area contributed by atoms with Crippen LogP contribution < -0.4 is 4.74 Å². The highest BCUT2D eigenvalue weighted by atomic mass is 19.4. The summed E-state index contributed by atoms with van der Waals surface area (Å²) >= 11 is 0. The van der Waals surface area contributed by atoms with Crippen molar-refractivity contribution in [2.24, 2.45) is 0 Å². The number of hydrogen-bond donors (Lipinski definition) is 0. The number of aryl methyl sites for hydroxylation is 1. The second kappa shape index (κ2) is 10.3. The zero-order valence-electron chi connectivity index (χ0n) is 20.2. The topological polar surface area (TPSA) is 43.4 Å². The highest BCUT2D eigenvalue weighted by molar-refractivity contribution is 6.09. The molecule has 0 saturated heterocycles. The first-order chi connectivity index (χ1) is 17.5. The van der Waals surface area contributed by atoms with Crippen LogP contribution in [0.2, 0.25) is 0 Å². The average molecular weight is 501 g/mol. The van der Waals surface area contributed by atoms with Gasteiger partial charge in [0.25, 0.3) is 0 Å². The van der Waals surface area contributed by atoms with Crippen molar-refractivity contribution in [1.82, 2.24) is 0 Å². The Labute approximate surface area is 212 Å². The Balaban J connectivity index is 1.49. The van der Waals surface area contributed by atoms with Crippen molar-refractivity contribution in [2.75, 3.05) is 0 Å². The minimum atomic E-state index is -4.37. The Morgan fingerprint density at radius 1 is 0.730 bits per heavy atom. The van der Waals surface area contributed by atoms with Gasteiger partial charge in [-0.15, -0.1) is 0 Å². The van der Waals surface area contributed by atoms with Gasteiger partial charge in [0, 0.05) is 16.7 Å². The molecule has 37 heavy (non-hydrogen) atoms. The number of carbonyl (C=O) groups is 2. The Bertz CT molecular complexity index is 1460. The number of benzene rings is 4. The van der Waals surface area contributed by atoms with Gasteiger partial charge in [0.05, 0.1) is 5.56 Å². The van der Waals surface area contributed by atoms with Crippen LogP contribution >= 0.6 is 0 Å². The quantitative estimate of drug-likeness (QED) is 0.116. The van der Waals surface area contributed by atoms with Crippen LogP contribution in [0.4, 0.5) is 13.2 Å². The summed E-state index contributed by atoms with van der Waals surface area (Å²) < 4.78 is 43.7. The number of hydrogen-bond acceptors (Lipinski definition) is 3. The summed E-state index contributed by atoms with van der Waals surface area (Å²) in [6, 6.07) is 24.4. The lowest BCUT2D eigenvalue weighted by Gasteiger charge is -2.11. The fraction of sp³-hybridized carbons (Fsp3) is 0.0968. The van der Waals surface area contributed by atoms with Gasteiger partial charge in [-0.05, 0) is 78.1 Å². The molecule has 3 nitrogen and oxygen atoms in total. The van der Waals surface area contributed by atoms with E-state index in [1.54, 1.807) is 43.3 Å². The molecular weight excluding hydrogens is 477 g/mol. The second-order valence-electron chi connectivity index (χ2n) is 8.71. The first kappa shape index (κ1) is 25.6. The van der Waals surface area contributed by atoms with Gasteiger partial charge >= 0.3 is 12.1 Å². The maximum atomic E-state index is 12.9. The van der Waals surface area contributed by atoms with Gasteiger partial charge in [0.2, 0.25) is 0 Å². The third kappa shape index (κ3) is 5.86. The molecule has 6 heteroatoms. The van der Waals surface area contributed by atoms with Gasteiger partial charge in [-0.3, -0.25) is 4.79 Å². The third-order valence-corrected chi connectivity index (χ3v) is 5.91. The molecule has 0 fully saturated rings. The van der Waals surface area contributed by atoms with Crippen LogP contribution in [-0.2, 0) is 11.0 Å². The maximum Gasteiger partial charge on any atom is 0.416 e. The number of carbonyl (C=O) groups excluding carboxylic acids is 2. The Morgan fingerprint density at radius 2 is 1.24 bits per heavy atom. The molecule has 0 aromatic heterocycles. The van der Waals surface area contributed by atoms with Crippen molar-refractivity contribution >= 4 is 11.8 Å². The van der Waals surface area contributed by atoms with E-state index in [1.807, 2.05) is 37.3 Å². The number of ketones is 1. The molecule has 0 atom stereocenters. The molecule has 0 amide bonds. The van der Waals surface area contributed by atoms with Crippen molar-refractivity contribution in [2.45, 2.75) is 20.0 Å². The van der Waals surface area contributed by atoms with Gasteiger partial charge < -0.3 is 4.74 Å². The van der Waals surface area contributed by atoms with E-state index in [0.29, 0.717) is 22.4 Å². The van der Waals surface area contributed by atoms with E-state index < -0.39 is 17.7 Å². The molecule has 0 spiro atoms. The lowest BCUT2D eigenvalue weighted by atomic mass is 9.94.